The van der Waals surface area contributed by atoms with E-state index < -0.39 is 0 Å². The number of carbonyl (C=O) groups excluding carboxylic acids is 1. The van der Waals surface area contributed by atoms with Crippen molar-refractivity contribution in [1.29, 1.82) is 0 Å². The molecule has 0 atom stereocenters. The molecule has 0 aliphatic carbocycles. The lowest BCUT2D eigenvalue weighted by molar-refractivity contribution is -0.116. The van der Waals surface area contributed by atoms with Crippen LogP contribution in [0.2, 0.25) is 0 Å². The van der Waals surface area contributed by atoms with E-state index in [4.69, 9.17) is 4.74 Å². The minimum absolute atomic E-state index is 0.109. The molecule has 8 heteroatoms. The summed E-state index contributed by atoms with van der Waals surface area (Å²) in [7, 11) is 0. The Hall–Kier alpha value is -3.26. The maximum absolute atomic E-state index is 12.5. The molecule has 4 rings (SSSR count). The van der Waals surface area contributed by atoms with Crippen LogP contribution in [0.1, 0.15) is 6.92 Å². The molecule has 2 aromatic carbocycles. The van der Waals surface area contributed by atoms with Crippen LogP contribution >= 0.6 is 11.3 Å². The van der Waals surface area contributed by atoms with Gasteiger partial charge in [-0.05, 0) is 31.2 Å². The molecule has 0 spiro atoms. The molecule has 0 aliphatic heterocycles. The number of nitrogens with one attached hydrogen (secondary N) is 1. The molecule has 2 aromatic heterocycles. The summed E-state index contributed by atoms with van der Waals surface area (Å²) in [5.74, 6) is 0.417. The first-order valence-corrected chi connectivity index (χ1v) is 9.23. The fourth-order valence-electron chi connectivity index (χ4n) is 2.80. The fraction of sp³-hybridized carbons (Fsp3) is 0.158. The first kappa shape index (κ1) is 17.2. The number of nitrogens with zero attached hydrogens (tertiary/aromatic N) is 3. The predicted molar refractivity (Wildman–Crippen MR) is 105 cm³/mol. The Morgan fingerprint density at radius 3 is 2.93 bits per heavy atom. The molecule has 0 unspecified atom stereocenters. The first-order valence-electron chi connectivity index (χ1n) is 8.42. The third-order valence-electron chi connectivity index (χ3n) is 3.97. The monoisotopic (exact) mass is 380 g/mol. The summed E-state index contributed by atoms with van der Waals surface area (Å²) in [5.41, 5.74) is 1.71. The number of hydrogen-bond donors (Lipinski definition) is 1. The summed E-state index contributed by atoms with van der Waals surface area (Å²) in [4.78, 5) is 33.2. The third-order valence-corrected chi connectivity index (χ3v) is 4.92. The Balaban J connectivity index is 1.57. The number of hydrogen-bond acceptors (Lipinski definition) is 6. The standard InChI is InChI=1S/C19H16N4O3S/c1-2-26-12-7-8-16-14(9-12)21-19(27-16)22-17(24)11-23-15-6-4-3-5-13(15)20-10-18(23)25/h3-10H,2,11H2,1H3,(H,21,22,24). The zero-order valence-electron chi connectivity index (χ0n) is 14.5. The zero-order valence-corrected chi connectivity index (χ0v) is 15.3. The van der Waals surface area contributed by atoms with Crippen LogP contribution in [0.25, 0.3) is 21.3 Å². The summed E-state index contributed by atoms with van der Waals surface area (Å²) in [6.45, 7) is 2.39. The van der Waals surface area contributed by atoms with E-state index in [-0.39, 0.29) is 18.0 Å². The zero-order chi connectivity index (χ0) is 18.8. The van der Waals surface area contributed by atoms with Crippen molar-refractivity contribution in [3.63, 3.8) is 0 Å². The van der Waals surface area contributed by atoms with E-state index in [0.29, 0.717) is 22.8 Å². The van der Waals surface area contributed by atoms with E-state index in [0.717, 1.165) is 16.0 Å². The maximum atomic E-state index is 12.5. The van der Waals surface area contributed by atoms with Crippen molar-refractivity contribution in [2.24, 2.45) is 0 Å². The molecule has 2 heterocycles. The quantitative estimate of drug-likeness (QED) is 0.575. The molecule has 0 aliphatic rings. The van der Waals surface area contributed by atoms with Gasteiger partial charge in [0.1, 0.15) is 12.3 Å². The second-order valence-electron chi connectivity index (χ2n) is 5.80. The van der Waals surface area contributed by atoms with Crippen LogP contribution in [0.5, 0.6) is 5.75 Å². The van der Waals surface area contributed by atoms with E-state index in [9.17, 15) is 9.59 Å². The van der Waals surface area contributed by atoms with Gasteiger partial charge >= 0.3 is 0 Å². The lowest BCUT2D eigenvalue weighted by Crippen LogP contribution is -2.27. The Morgan fingerprint density at radius 2 is 2.07 bits per heavy atom. The van der Waals surface area contributed by atoms with Gasteiger partial charge in [0.25, 0.3) is 5.56 Å². The lowest BCUT2D eigenvalue weighted by Gasteiger charge is -2.08. The van der Waals surface area contributed by atoms with Crippen molar-refractivity contribution in [2.75, 3.05) is 11.9 Å². The van der Waals surface area contributed by atoms with Crippen molar-refractivity contribution in [3.8, 4) is 5.75 Å². The van der Waals surface area contributed by atoms with Crippen LogP contribution < -0.4 is 15.6 Å². The number of para-hydroxylation sites is 2. The fourth-order valence-corrected chi connectivity index (χ4v) is 3.66. The van der Waals surface area contributed by atoms with Gasteiger partial charge in [0.15, 0.2) is 5.13 Å². The third kappa shape index (κ3) is 3.52. The smallest absolute Gasteiger partial charge is 0.269 e. The average molecular weight is 380 g/mol. The maximum Gasteiger partial charge on any atom is 0.269 e. The van der Waals surface area contributed by atoms with Gasteiger partial charge in [-0.15, -0.1) is 0 Å². The summed E-state index contributed by atoms with van der Waals surface area (Å²) in [5, 5.41) is 3.25. The summed E-state index contributed by atoms with van der Waals surface area (Å²) < 4.78 is 7.82. The van der Waals surface area contributed by atoms with Gasteiger partial charge in [-0.25, -0.2) is 9.97 Å². The number of fused-ring (bicyclic) bond motifs is 2. The first-order chi connectivity index (χ1) is 13.1. The largest absolute Gasteiger partial charge is 0.494 e. The molecule has 1 amide bonds. The predicted octanol–water partition coefficient (Wildman–Crippen LogP) is 3.04. The Kier molecular flexibility index (Phi) is 4.55. The van der Waals surface area contributed by atoms with Crippen molar-refractivity contribution < 1.29 is 9.53 Å². The van der Waals surface area contributed by atoms with Crippen LogP contribution in [-0.2, 0) is 11.3 Å². The summed E-state index contributed by atoms with van der Waals surface area (Å²) in [6.07, 6.45) is 1.22. The van der Waals surface area contributed by atoms with Gasteiger partial charge in [-0.3, -0.25) is 14.2 Å². The van der Waals surface area contributed by atoms with E-state index >= 15 is 0 Å². The Bertz CT molecular complexity index is 1200. The summed E-state index contributed by atoms with van der Waals surface area (Å²) in [6, 6.07) is 12.8. The number of thiazole rings is 1. The van der Waals surface area contributed by atoms with E-state index in [1.807, 2.05) is 31.2 Å². The van der Waals surface area contributed by atoms with Crippen LogP contribution in [0, 0.1) is 0 Å². The second-order valence-corrected chi connectivity index (χ2v) is 6.83. The molecule has 0 bridgehead atoms. The molecule has 0 fully saturated rings. The van der Waals surface area contributed by atoms with Crippen molar-refractivity contribution in [3.05, 3.63) is 59.0 Å². The number of amides is 1. The van der Waals surface area contributed by atoms with E-state index in [1.165, 1.54) is 22.1 Å². The molecular formula is C19H16N4O3S. The number of rotatable bonds is 5. The van der Waals surface area contributed by atoms with Crippen molar-refractivity contribution >= 4 is 43.6 Å². The average Bonchev–Trinajstić information content (AvgIpc) is 3.06. The molecule has 7 nitrogen and oxygen atoms in total. The van der Waals surface area contributed by atoms with Gasteiger partial charge in [0.2, 0.25) is 5.91 Å². The topological polar surface area (TPSA) is 86.1 Å². The molecule has 1 N–H and O–H groups in total. The number of ether oxygens (including phenoxy) is 1. The molecular weight excluding hydrogens is 364 g/mol. The van der Waals surface area contributed by atoms with Crippen molar-refractivity contribution in [2.45, 2.75) is 13.5 Å². The normalized spacial score (nSPS) is 11.0. The summed E-state index contributed by atoms with van der Waals surface area (Å²) >= 11 is 1.37. The number of benzene rings is 2. The highest BCUT2D eigenvalue weighted by Crippen LogP contribution is 2.29. The van der Waals surface area contributed by atoms with E-state index in [1.54, 1.807) is 18.2 Å². The lowest BCUT2D eigenvalue weighted by atomic mass is 10.3. The van der Waals surface area contributed by atoms with Gasteiger partial charge in [-0.1, -0.05) is 23.5 Å². The highest BCUT2D eigenvalue weighted by molar-refractivity contribution is 7.22. The molecule has 0 saturated heterocycles. The second kappa shape index (κ2) is 7.16. The van der Waals surface area contributed by atoms with Gasteiger partial charge in [0, 0.05) is 6.07 Å². The molecule has 136 valence electrons. The van der Waals surface area contributed by atoms with Crippen LogP contribution in [-0.4, -0.2) is 27.0 Å². The van der Waals surface area contributed by atoms with Crippen LogP contribution in [0.15, 0.2) is 53.5 Å². The number of carbonyl (C=O) groups is 1. The van der Waals surface area contributed by atoms with Crippen LogP contribution in [0.3, 0.4) is 0 Å². The number of anilines is 1. The van der Waals surface area contributed by atoms with Crippen LogP contribution in [0.4, 0.5) is 5.13 Å². The highest BCUT2D eigenvalue weighted by atomic mass is 32.1. The minimum atomic E-state index is -0.325. The molecule has 0 radical (unpaired) electrons. The Morgan fingerprint density at radius 1 is 1.22 bits per heavy atom. The van der Waals surface area contributed by atoms with Gasteiger partial charge < -0.3 is 10.1 Å². The minimum Gasteiger partial charge on any atom is -0.494 e. The molecule has 27 heavy (non-hydrogen) atoms. The molecule has 0 saturated carbocycles. The van der Waals surface area contributed by atoms with Gasteiger partial charge in [-0.2, -0.15) is 0 Å². The highest BCUT2D eigenvalue weighted by Gasteiger charge is 2.12. The van der Waals surface area contributed by atoms with E-state index in [2.05, 4.69) is 15.3 Å². The Labute approximate surface area is 158 Å². The number of aromatic nitrogens is 3. The van der Waals surface area contributed by atoms with Crippen molar-refractivity contribution in [1.82, 2.24) is 14.5 Å². The molecule has 4 aromatic rings. The SMILES string of the molecule is CCOc1ccc2sc(NC(=O)Cn3c(=O)cnc4ccccc43)nc2c1. The van der Waals surface area contributed by atoms with Gasteiger partial charge in [0.05, 0.1) is 34.1 Å².